The Hall–Kier alpha value is -4.61. The van der Waals surface area contributed by atoms with Crippen molar-refractivity contribution in [3.05, 3.63) is 82.7 Å². The van der Waals surface area contributed by atoms with Gasteiger partial charge in [-0.3, -0.25) is 4.79 Å². The van der Waals surface area contributed by atoms with Gasteiger partial charge in [-0.2, -0.15) is 15.0 Å². The summed E-state index contributed by atoms with van der Waals surface area (Å²) in [6.07, 6.45) is 2.64. The van der Waals surface area contributed by atoms with E-state index in [1.807, 2.05) is 30.3 Å². The molecule has 1 saturated carbocycles. The Labute approximate surface area is 248 Å². The van der Waals surface area contributed by atoms with Crippen LogP contribution in [0.5, 0.6) is 0 Å². The van der Waals surface area contributed by atoms with Gasteiger partial charge in [-0.25, -0.2) is 4.39 Å². The SMILES string of the molecule is Nc1nc(Nc2ccc(N3CCOCC3)cc2)nc(-c2cccc(N3CCc4cc(C5CC5)cc(F)c4C3=O)c2CO)n1. The fraction of sp³-hybridized carbons (Fsp3) is 0.312. The van der Waals surface area contributed by atoms with E-state index in [1.54, 1.807) is 18.2 Å². The van der Waals surface area contributed by atoms with Crippen molar-refractivity contribution in [2.45, 2.75) is 31.8 Å². The first kappa shape index (κ1) is 27.2. The summed E-state index contributed by atoms with van der Waals surface area (Å²) in [5.41, 5.74) is 11.2. The zero-order chi connectivity index (χ0) is 29.5. The van der Waals surface area contributed by atoms with E-state index in [9.17, 15) is 9.90 Å². The third-order valence-electron chi connectivity index (χ3n) is 8.30. The lowest BCUT2D eigenvalue weighted by Crippen LogP contribution is -2.39. The number of nitrogens with two attached hydrogens (primary N) is 1. The van der Waals surface area contributed by atoms with Gasteiger partial charge in [0.1, 0.15) is 5.82 Å². The first-order chi connectivity index (χ1) is 21.0. The van der Waals surface area contributed by atoms with Crippen LogP contribution in [0.2, 0.25) is 0 Å². The standard InChI is InChI=1S/C32H32FN7O3/c33-26-17-21(19-4-5-19)16-20-10-11-40(30(42)28(20)26)27-3-1-2-24(25(27)18-41)29-36-31(34)38-32(37-29)35-22-6-8-23(9-7-22)39-12-14-43-15-13-39/h1-3,6-9,16-17,19,41H,4-5,10-15,18H2,(H3,34,35,36,37,38). The molecule has 1 aliphatic carbocycles. The highest BCUT2D eigenvalue weighted by molar-refractivity contribution is 6.09. The maximum Gasteiger partial charge on any atom is 0.261 e. The highest BCUT2D eigenvalue weighted by Gasteiger charge is 2.33. The zero-order valence-electron chi connectivity index (χ0n) is 23.6. The van der Waals surface area contributed by atoms with Crippen LogP contribution in [0.4, 0.5) is 33.3 Å². The number of rotatable bonds is 7. The van der Waals surface area contributed by atoms with Gasteiger partial charge in [-0.1, -0.05) is 18.2 Å². The number of aromatic nitrogens is 3. The van der Waals surface area contributed by atoms with Gasteiger partial charge in [0.05, 0.1) is 31.1 Å². The average Bonchev–Trinajstić information content (AvgIpc) is 3.87. The molecule has 43 heavy (non-hydrogen) atoms. The van der Waals surface area contributed by atoms with Gasteiger partial charge >= 0.3 is 0 Å². The number of benzene rings is 3. The Morgan fingerprint density at radius 3 is 2.56 bits per heavy atom. The summed E-state index contributed by atoms with van der Waals surface area (Å²) < 4.78 is 20.7. The summed E-state index contributed by atoms with van der Waals surface area (Å²) in [4.78, 5) is 30.6. The normalized spacial score (nSPS) is 16.7. The highest BCUT2D eigenvalue weighted by Crippen LogP contribution is 2.42. The van der Waals surface area contributed by atoms with Crippen LogP contribution in [0, 0.1) is 5.82 Å². The van der Waals surface area contributed by atoms with E-state index in [0.29, 0.717) is 48.9 Å². The molecule has 2 fully saturated rings. The van der Waals surface area contributed by atoms with Gasteiger partial charge in [0, 0.05) is 42.1 Å². The third kappa shape index (κ3) is 5.37. The fourth-order valence-corrected chi connectivity index (χ4v) is 5.95. The van der Waals surface area contributed by atoms with E-state index < -0.39 is 11.7 Å². The minimum Gasteiger partial charge on any atom is -0.392 e. The predicted molar refractivity (Wildman–Crippen MR) is 162 cm³/mol. The van der Waals surface area contributed by atoms with Crippen LogP contribution in [0.15, 0.2) is 54.6 Å². The second-order valence-corrected chi connectivity index (χ2v) is 11.1. The molecule has 3 aromatic carbocycles. The zero-order valence-corrected chi connectivity index (χ0v) is 23.6. The van der Waals surface area contributed by atoms with Gasteiger partial charge in [0.15, 0.2) is 5.82 Å². The van der Waals surface area contributed by atoms with E-state index >= 15 is 4.39 Å². The van der Waals surface area contributed by atoms with Gasteiger partial charge in [-0.15, -0.1) is 0 Å². The number of anilines is 5. The number of carbonyl (C=O) groups is 1. The summed E-state index contributed by atoms with van der Waals surface area (Å²) in [6.45, 7) is 3.09. The monoisotopic (exact) mass is 581 g/mol. The van der Waals surface area contributed by atoms with Crippen molar-refractivity contribution in [1.82, 2.24) is 15.0 Å². The third-order valence-corrected chi connectivity index (χ3v) is 8.30. The fourth-order valence-electron chi connectivity index (χ4n) is 5.95. The largest absolute Gasteiger partial charge is 0.392 e. The van der Waals surface area contributed by atoms with Gasteiger partial charge in [0.25, 0.3) is 5.91 Å². The second kappa shape index (κ2) is 11.2. The Morgan fingerprint density at radius 1 is 1.02 bits per heavy atom. The number of aliphatic hydroxyl groups is 1. The summed E-state index contributed by atoms with van der Waals surface area (Å²) in [5.74, 6) is -0.0282. The molecule has 1 saturated heterocycles. The van der Waals surface area contributed by atoms with Crippen LogP contribution < -0.4 is 20.9 Å². The van der Waals surface area contributed by atoms with Gasteiger partial charge < -0.3 is 30.7 Å². The highest BCUT2D eigenvalue weighted by atomic mass is 19.1. The molecule has 0 unspecified atom stereocenters. The molecule has 1 amide bonds. The Balaban J connectivity index is 1.17. The summed E-state index contributed by atoms with van der Waals surface area (Å²) in [7, 11) is 0. The van der Waals surface area contributed by atoms with Crippen LogP contribution in [0.25, 0.3) is 11.4 Å². The lowest BCUT2D eigenvalue weighted by molar-refractivity contribution is 0.0976. The second-order valence-electron chi connectivity index (χ2n) is 11.1. The number of hydrogen-bond acceptors (Lipinski definition) is 9. The molecule has 0 bridgehead atoms. The maximum atomic E-state index is 15.2. The number of halogens is 1. The first-order valence-corrected chi connectivity index (χ1v) is 14.6. The molecule has 0 radical (unpaired) electrons. The van der Waals surface area contributed by atoms with Crippen LogP contribution in [0.1, 0.15) is 45.8 Å². The van der Waals surface area contributed by atoms with Crippen LogP contribution in [-0.4, -0.2) is 58.8 Å². The van der Waals surface area contributed by atoms with Crippen molar-refractivity contribution in [3.63, 3.8) is 0 Å². The van der Waals surface area contributed by atoms with E-state index in [0.717, 1.165) is 48.4 Å². The minimum atomic E-state index is -0.491. The number of ether oxygens (including phenoxy) is 1. The van der Waals surface area contributed by atoms with Crippen LogP contribution in [0.3, 0.4) is 0 Å². The molecule has 0 spiro atoms. The quantitative estimate of drug-likeness (QED) is 0.291. The molecule has 10 nitrogen and oxygen atoms in total. The molecule has 1 aromatic heterocycles. The van der Waals surface area contributed by atoms with Crippen molar-refractivity contribution < 1.29 is 19.0 Å². The van der Waals surface area contributed by atoms with Crippen molar-refractivity contribution in [2.24, 2.45) is 0 Å². The molecule has 11 heteroatoms. The van der Waals surface area contributed by atoms with Crippen molar-refractivity contribution >= 4 is 34.9 Å². The number of carbonyl (C=O) groups excluding carboxylic acids is 1. The number of nitrogens with zero attached hydrogens (tertiary/aromatic N) is 5. The van der Waals surface area contributed by atoms with Crippen LogP contribution >= 0.6 is 0 Å². The lowest BCUT2D eigenvalue weighted by atomic mass is 9.93. The average molecular weight is 582 g/mol. The Kier molecular flexibility index (Phi) is 7.12. The van der Waals surface area contributed by atoms with E-state index in [1.165, 1.54) is 11.0 Å². The minimum absolute atomic E-state index is 0.00300. The van der Waals surface area contributed by atoms with Gasteiger partial charge in [-0.05, 0) is 72.7 Å². The van der Waals surface area contributed by atoms with E-state index in [2.05, 4.69) is 25.2 Å². The summed E-state index contributed by atoms with van der Waals surface area (Å²) in [6, 6.07) is 16.7. The van der Waals surface area contributed by atoms with Crippen molar-refractivity contribution in [1.29, 1.82) is 0 Å². The first-order valence-electron chi connectivity index (χ1n) is 14.6. The predicted octanol–water partition coefficient (Wildman–Crippen LogP) is 4.41. The molecular weight excluding hydrogens is 549 g/mol. The molecule has 0 atom stereocenters. The number of nitrogens with one attached hydrogen (secondary N) is 1. The van der Waals surface area contributed by atoms with E-state index in [-0.39, 0.29) is 29.9 Å². The summed E-state index contributed by atoms with van der Waals surface area (Å²) in [5, 5.41) is 13.7. The molecule has 3 aliphatic rings. The number of fused-ring (bicyclic) bond motifs is 1. The number of morpholine rings is 1. The Morgan fingerprint density at radius 2 is 1.81 bits per heavy atom. The number of hydrogen-bond donors (Lipinski definition) is 3. The molecule has 7 rings (SSSR count). The molecule has 220 valence electrons. The Bertz CT molecular complexity index is 1690. The van der Waals surface area contributed by atoms with Crippen molar-refractivity contribution in [2.75, 3.05) is 53.7 Å². The van der Waals surface area contributed by atoms with Crippen molar-refractivity contribution in [3.8, 4) is 11.4 Å². The smallest absolute Gasteiger partial charge is 0.261 e. The molecule has 4 N–H and O–H groups in total. The summed E-state index contributed by atoms with van der Waals surface area (Å²) >= 11 is 0. The number of aliphatic hydroxyl groups excluding tert-OH is 1. The molecular formula is C32H32FN7O3. The maximum absolute atomic E-state index is 15.2. The van der Waals surface area contributed by atoms with Crippen LogP contribution in [-0.2, 0) is 17.8 Å². The molecule has 4 aromatic rings. The van der Waals surface area contributed by atoms with E-state index in [4.69, 9.17) is 10.5 Å². The number of amides is 1. The lowest BCUT2D eigenvalue weighted by Gasteiger charge is -2.31. The number of nitrogen functional groups attached to an aromatic ring is 1. The van der Waals surface area contributed by atoms with Gasteiger partial charge in [0.2, 0.25) is 11.9 Å². The topological polar surface area (TPSA) is 130 Å². The molecule has 3 heterocycles. The molecule has 2 aliphatic heterocycles.